The molecule has 94 valence electrons. The summed E-state index contributed by atoms with van der Waals surface area (Å²) in [4.78, 5) is 14.5. The van der Waals surface area contributed by atoms with Gasteiger partial charge in [0.2, 0.25) is 0 Å². The summed E-state index contributed by atoms with van der Waals surface area (Å²) in [5.74, 6) is 0.427. The summed E-state index contributed by atoms with van der Waals surface area (Å²) in [6.45, 7) is 0.981. The van der Waals surface area contributed by atoms with Crippen molar-refractivity contribution in [3.8, 4) is 5.75 Å². The molecular formula is C11H12N4O3. The van der Waals surface area contributed by atoms with Crippen molar-refractivity contribution >= 4 is 22.4 Å². The smallest absolute Gasteiger partial charge is 0.279 e. The maximum atomic E-state index is 10.8. The van der Waals surface area contributed by atoms with E-state index in [1.54, 1.807) is 12.1 Å². The van der Waals surface area contributed by atoms with Crippen molar-refractivity contribution in [3.63, 3.8) is 0 Å². The standard InChI is InChI=1S/C11H12N4O3/c12-5-6-13-10-4-1-7-8(15(17)18)2-3-9(16)11(7)14-10/h1-4,16H,5-6,12H2,(H,13,14). The molecule has 0 aliphatic carbocycles. The second kappa shape index (κ2) is 4.84. The highest BCUT2D eigenvalue weighted by molar-refractivity contribution is 5.93. The van der Waals surface area contributed by atoms with Crippen molar-refractivity contribution < 1.29 is 10.0 Å². The number of aromatic hydroxyl groups is 1. The number of aromatic nitrogens is 1. The molecule has 7 nitrogen and oxygen atoms in total. The van der Waals surface area contributed by atoms with Crippen molar-refractivity contribution in [3.05, 3.63) is 34.4 Å². The molecule has 1 aromatic heterocycles. The van der Waals surface area contributed by atoms with Gasteiger partial charge in [0.25, 0.3) is 5.69 Å². The van der Waals surface area contributed by atoms with Gasteiger partial charge in [0, 0.05) is 19.2 Å². The number of nitro groups is 1. The monoisotopic (exact) mass is 248 g/mol. The molecule has 0 fully saturated rings. The first-order valence-corrected chi connectivity index (χ1v) is 5.34. The van der Waals surface area contributed by atoms with E-state index in [4.69, 9.17) is 5.73 Å². The molecule has 7 heteroatoms. The van der Waals surface area contributed by atoms with Crippen molar-refractivity contribution in [2.24, 2.45) is 5.73 Å². The minimum absolute atomic E-state index is 0.0827. The minimum Gasteiger partial charge on any atom is -0.506 e. The van der Waals surface area contributed by atoms with E-state index in [1.807, 2.05) is 0 Å². The quantitative estimate of drug-likeness (QED) is 0.553. The zero-order chi connectivity index (χ0) is 13.1. The predicted molar refractivity (Wildman–Crippen MR) is 67.6 cm³/mol. The number of rotatable bonds is 4. The second-order valence-electron chi connectivity index (χ2n) is 3.67. The lowest BCUT2D eigenvalue weighted by molar-refractivity contribution is -0.383. The molecular weight excluding hydrogens is 236 g/mol. The number of nitro benzene ring substituents is 1. The molecule has 0 amide bonds. The van der Waals surface area contributed by atoms with Crippen LogP contribution in [0.25, 0.3) is 10.9 Å². The van der Waals surface area contributed by atoms with Gasteiger partial charge in [-0.3, -0.25) is 10.1 Å². The van der Waals surface area contributed by atoms with Gasteiger partial charge >= 0.3 is 0 Å². The van der Waals surface area contributed by atoms with Gasteiger partial charge < -0.3 is 16.2 Å². The Kier molecular flexibility index (Phi) is 3.24. The topological polar surface area (TPSA) is 114 Å². The van der Waals surface area contributed by atoms with E-state index in [2.05, 4.69) is 10.3 Å². The Bertz CT molecular complexity index is 600. The van der Waals surface area contributed by atoms with Crippen LogP contribution in [0.3, 0.4) is 0 Å². The Balaban J connectivity index is 2.55. The number of anilines is 1. The second-order valence-corrected chi connectivity index (χ2v) is 3.67. The number of phenols is 1. The molecule has 1 heterocycles. The van der Waals surface area contributed by atoms with Crippen LogP contribution in [0, 0.1) is 10.1 Å². The molecule has 0 saturated heterocycles. The lowest BCUT2D eigenvalue weighted by atomic mass is 10.1. The highest BCUT2D eigenvalue weighted by Gasteiger charge is 2.15. The number of non-ortho nitro benzene ring substituents is 1. The molecule has 2 rings (SSSR count). The van der Waals surface area contributed by atoms with Crippen LogP contribution < -0.4 is 11.1 Å². The lowest BCUT2D eigenvalue weighted by Crippen LogP contribution is -2.13. The van der Waals surface area contributed by atoms with E-state index in [0.717, 1.165) is 0 Å². The molecule has 0 radical (unpaired) electrons. The average Bonchev–Trinajstić information content (AvgIpc) is 2.36. The summed E-state index contributed by atoms with van der Waals surface area (Å²) in [6.07, 6.45) is 0. The summed E-state index contributed by atoms with van der Waals surface area (Å²) in [6, 6.07) is 5.69. The lowest BCUT2D eigenvalue weighted by Gasteiger charge is -2.06. The highest BCUT2D eigenvalue weighted by Crippen LogP contribution is 2.31. The third kappa shape index (κ3) is 2.16. The molecule has 0 bridgehead atoms. The summed E-state index contributed by atoms with van der Waals surface area (Å²) >= 11 is 0. The number of hydrogen-bond donors (Lipinski definition) is 3. The Labute approximate surface area is 102 Å². The maximum absolute atomic E-state index is 10.8. The van der Waals surface area contributed by atoms with Crippen LogP contribution in [0.2, 0.25) is 0 Å². The Hall–Kier alpha value is -2.41. The van der Waals surface area contributed by atoms with E-state index in [9.17, 15) is 15.2 Å². The largest absolute Gasteiger partial charge is 0.506 e. The fourth-order valence-electron chi connectivity index (χ4n) is 1.65. The number of pyridine rings is 1. The number of nitrogens with zero attached hydrogens (tertiary/aromatic N) is 2. The summed E-state index contributed by atoms with van der Waals surface area (Å²) in [5, 5.41) is 23.8. The maximum Gasteiger partial charge on any atom is 0.279 e. The Morgan fingerprint density at radius 1 is 1.39 bits per heavy atom. The van der Waals surface area contributed by atoms with E-state index in [1.165, 1.54) is 12.1 Å². The van der Waals surface area contributed by atoms with Gasteiger partial charge in [-0.2, -0.15) is 0 Å². The molecule has 0 aliphatic rings. The Morgan fingerprint density at radius 3 is 2.83 bits per heavy atom. The molecule has 1 aromatic carbocycles. The van der Waals surface area contributed by atoms with Gasteiger partial charge in [-0.1, -0.05) is 0 Å². The molecule has 18 heavy (non-hydrogen) atoms. The van der Waals surface area contributed by atoms with Gasteiger partial charge in [0.05, 0.1) is 10.3 Å². The van der Waals surface area contributed by atoms with Gasteiger partial charge in [-0.05, 0) is 18.2 Å². The molecule has 2 aromatic rings. The van der Waals surface area contributed by atoms with Crippen LogP contribution in [-0.4, -0.2) is 28.1 Å². The molecule has 0 saturated carbocycles. The van der Waals surface area contributed by atoms with Crippen LogP contribution >= 0.6 is 0 Å². The predicted octanol–water partition coefficient (Wildman–Crippen LogP) is 1.22. The van der Waals surface area contributed by atoms with E-state index < -0.39 is 4.92 Å². The number of nitrogens with two attached hydrogens (primary N) is 1. The van der Waals surface area contributed by atoms with E-state index in [0.29, 0.717) is 24.3 Å². The molecule has 0 atom stereocenters. The summed E-state index contributed by atoms with van der Waals surface area (Å²) < 4.78 is 0. The zero-order valence-corrected chi connectivity index (χ0v) is 9.46. The first-order valence-electron chi connectivity index (χ1n) is 5.34. The first-order chi connectivity index (χ1) is 8.63. The van der Waals surface area contributed by atoms with Gasteiger partial charge in [-0.25, -0.2) is 4.98 Å². The van der Waals surface area contributed by atoms with Crippen molar-refractivity contribution in [2.45, 2.75) is 0 Å². The van der Waals surface area contributed by atoms with Crippen molar-refractivity contribution in [1.82, 2.24) is 4.98 Å². The third-order valence-electron chi connectivity index (χ3n) is 2.46. The minimum atomic E-state index is -0.504. The van der Waals surface area contributed by atoms with Crippen molar-refractivity contribution in [1.29, 1.82) is 0 Å². The van der Waals surface area contributed by atoms with Crippen LogP contribution in [0.5, 0.6) is 5.75 Å². The van der Waals surface area contributed by atoms with Crippen molar-refractivity contribution in [2.75, 3.05) is 18.4 Å². The number of phenolic OH excluding ortho intramolecular Hbond substituents is 1. The van der Waals surface area contributed by atoms with Gasteiger partial charge in [0.15, 0.2) is 0 Å². The number of benzene rings is 1. The normalized spacial score (nSPS) is 10.5. The molecule has 0 aliphatic heterocycles. The van der Waals surface area contributed by atoms with Crippen LogP contribution in [0.1, 0.15) is 0 Å². The fraction of sp³-hybridized carbons (Fsp3) is 0.182. The van der Waals surface area contributed by atoms with Crippen LogP contribution in [-0.2, 0) is 0 Å². The average molecular weight is 248 g/mol. The number of hydrogen-bond acceptors (Lipinski definition) is 6. The third-order valence-corrected chi connectivity index (χ3v) is 2.46. The van der Waals surface area contributed by atoms with Gasteiger partial charge in [0.1, 0.15) is 17.1 Å². The fourth-order valence-corrected chi connectivity index (χ4v) is 1.65. The SMILES string of the molecule is NCCNc1ccc2c([N+](=O)[O-])ccc(O)c2n1. The summed E-state index contributed by atoms with van der Waals surface area (Å²) in [5.41, 5.74) is 5.47. The summed E-state index contributed by atoms with van der Waals surface area (Å²) in [7, 11) is 0. The van der Waals surface area contributed by atoms with Crippen LogP contribution in [0.15, 0.2) is 24.3 Å². The molecule has 4 N–H and O–H groups in total. The van der Waals surface area contributed by atoms with E-state index >= 15 is 0 Å². The highest BCUT2D eigenvalue weighted by atomic mass is 16.6. The number of fused-ring (bicyclic) bond motifs is 1. The Morgan fingerprint density at radius 2 is 2.17 bits per heavy atom. The number of nitrogens with one attached hydrogen (secondary N) is 1. The van der Waals surface area contributed by atoms with Gasteiger partial charge in [-0.15, -0.1) is 0 Å². The first kappa shape index (κ1) is 12.1. The molecule has 0 unspecified atom stereocenters. The van der Waals surface area contributed by atoms with Crippen LogP contribution in [0.4, 0.5) is 11.5 Å². The molecule has 0 spiro atoms. The van der Waals surface area contributed by atoms with E-state index in [-0.39, 0.29) is 17.0 Å². The zero-order valence-electron chi connectivity index (χ0n) is 9.46.